The van der Waals surface area contributed by atoms with Gasteiger partial charge in [0.15, 0.2) is 11.6 Å². The van der Waals surface area contributed by atoms with E-state index in [4.69, 9.17) is 10.5 Å². The Balaban J connectivity index is 2.27. The lowest BCUT2D eigenvalue weighted by Gasteiger charge is -2.42. The van der Waals surface area contributed by atoms with E-state index in [1.54, 1.807) is 6.07 Å². The maximum absolute atomic E-state index is 13.9. The second kappa shape index (κ2) is 5.53. The molecule has 0 amide bonds. The van der Waals surface area contributed by atoms with Gasteiger partial charge >= 0.3 is 0 Å². The fourth-order valence-corrected chi connectivity index (χ4v) is 2.57. The Labute approximate surface area is 112 Å². The van der Waals surface area contributed by atoms with Crippen molar-refractivity contribution in [2.24, 2.45) is 5.73 Å². The number of halogens is 2. The Hall–Kier alpha value is -1.04. The lowest BCUT2D eigenvalue weighted by Crippen LogP contribution is -2.51. The summed E-state index contributed by atoms with van der Waals surface area (Å²) in [5, 5.41) is 0. The molecule has 0 saturated carbocycles. The van der Waals surface area contributed by atoms with Gasteiger partial charge in [0.25, 0.3) is 0 Å². The molecule has 5 heteroatoms. The quantitative estimate of drug-likeness (QED) is 0.914. The van der Waals surface area contributed by atoms with Crippen LogP contribution in [0.5, 0.6) is 0 Å². The molecular weight excluding hydrogens is 250 g/mol. The highest BCUT2D eigenvalue weighted by atomic mass is 19.2. The third kappa shape index (κ3) is 3.11. The summed E-state index contributed by atoms with van der Waals surface area (Å²) < 4.78 is 32.9. The summed E-state index contributed by atoms with van der Waals surface area (Å²) in [5.41, 5.74) is 5.80. The highest BCUT2D eigenvalue weighted by Crippen LogP contribution is 2.28. The van der Waals surface area contributed by atoms with Crippen LogP contribution in [-0.2, 0) is 4.74 Å². The Morgan fingerprint density at radius 1 is 1.42 bits per heavy atom. The Kier molecular flexibility index (Phi) is 4.18. The molecule has 1 fully saturated rings. The predicted molar refractivity (Wildman–Crippen MR) is 69.8 cm³/mol. The molecule has 0 aliphatic carbocycles. The van der Waals surface area contributed by atoms with Crippen molar-refractivity contribution in [2.45, 2.75) is 25.5 Å². The molecule has 1 unspecified atom stereocenters. The van der Waals surface area contributed by atoms with E-state index in [1.807, 2.05) is 13.8 Å². The van der Waals surface area contributed by atoms with Crippen LogP contribution in [0.2, 0.25) is 0 Å². The Morgan fingerprint density at radius 2 is 2.16 bits per heavy atom. The monoisotopic (exact) mass is 270 g/mol. The molecule has 2 N–H and O–H groups in total. The third-order valence-corrected chi connectivity index (χ3v) is 3.46. The molecule has 1 aromatic carbocycles. The van der Waals surface area contributed by atoms with Crippen LogP contribution in [0.4, 0.5) is 8.78 Å². The highest BCUT2D eigenvalue weighted by Gasteiger charge is 2.32. The largest absolute Gasteiger partial charge is 0.373 e. The minimum absolute atomic E-state index is 0.246. The first kappa shape index (κ1) is 14.4. The average molecular weight is 270 g/mol. The lowest BCUT2D eigenvalue weighted by atomic mass is 10.00. The normalized spacial score (nSPS) is 21.3. The zero-order chi connectivity index (χ0) is 14.0. The molecule has 1 aromatic rings. The van der Waals surface area contributed by atoms with Crippen LogP contribution in [0.3, 0.4) is 0 Å². The standard InChI is InChI=1S/C14H20F2N2O/c1-14(2)9-18(6-7-19-14)12(8-17)10-4-3-5-11(15)13(10)16/h3-5,12H,6-9,17H2,1-2H3. The van der Waals surface area contributed by atoms with Gasteiger partial charge in [0, 0.05) is 25.2 Å². The molecule has 0 spiro atoms. The molecule has 19 heavy (non-hydrogen) atoms. The topological polar surface area (TPSA) is 38.5 Å². The maximum Gasteiger partial charge on any atom is 0.163 e. The predicted octanol–water partition coefficient (Wildman–Crippen LogP) is 2.08. The average Bonchev–Trinajstić information content (AvgIpc) is 2.34. The molecule has 3 nitrogen and oxygen atoms in total. The van der Waals surface area contributed by atoms with E-state index in [-0.39, 0.29) is 18.2 Å². The van der Waals surface area contributed by atoms with Crippen molar-refractivity contribution in [3.8, 4) is 0 Å². The fraction of sp³-hybridized carbons (Fsp3) is 0.571. The van der Waals surface area contributed by atoms with Gasteiger partial charge in [0.2, 0.25) is 0 Å². The van der Waals surface area contributed by atoms with E-state index in [1.165, 1.54) is 6.07 Å². The first-order chi connectivity index (χ1) is 8.94. The van der Waals surface area contributed by atoms with Crippen molar-refractivity contribution < 1.29 is 13.5 Å². The number of ether oxygens (including phenoxy) is 1. The zero-order valence-corrected chi connectivity index (χ0v) is 11.3. The molecule has 1 atom stereocenters. The SMILES string of the molecule is CC1(C)CN(C(CN)c2cccc(F)c2F)CCO1. The van der Waals surface area contributed by atoms with Crippen LogP contribution in [0, 0.1) is 11.6 Å². The van der Waals surface area contributed by atoms with Gasteiger partial charge in [-0.2, -0.15) is 0 Å². The van der Waals surface area contributed by atoms with Crippen LogP contribution < -0.4 is 5.73 Å². The van der Waals surface area contributed by atoms with Crippen LogP contribution in [0.15, 0.2) is 18.2 Å². The fourth-order valence-electron chi connectivity index (χ4n) is 2.57. The van der Waals surface area contributed by atoms with Crippen LogP contribution in [-0.4, -0.2) is 36.7 Å². The van der Waals surface area contributed by atoms with Gasteiger partial charge in [-0.15, -0.1) is 0 Å². The summed E-state index contributed by atoms with van der Waals surface area (Å²) in [6.07, 6.45) is 0. The van der Waals surface area contributed by atoms with E-state index in [2.05, 4.69) is 4.90 Å². The first-order valence-corrected chi connectivity index (χ1v) is 6.46. The van der Waals surface area contributed by atoms with Crippen LogP contribution in [0.25, 0.3) is 0 Å². The smallest absolute Gasteiger partial charge is 0.163 e. The maximum atomic E-state index is 13.9. The molecule has 0 bridgehead atoms. The van der Waals surface area contributed by atoms with Crippen molar-refractivity contribution in [1.29, 1.82) is 0 Å². The van der Waals surface area contributed by atoms with Gasteiger partial charge in [-0.1, -0.05) is 12.1 Å². The van der Waals surface area contributed by atoms with Crippen LogP contribution >= 0.6 is 0 Å². The van der Waals surface area contributed by atoms with Crippen molar-refractivity contribution in [3.05, 3.63) is 35.4 Å². The van der Waals surface area contributed by atoms with Crippen molar-refractivity contribution in [1.82, 2.24) is 4.90 Å². The van der Waals surface area contributed by atoms with Gasteiger partial charge in [0.05, 0.1) is 18.2 Å². The summed E-state index contributed by atoms with van der Waals surface area (Å²) >= 11 is 0. The van der Waals surface area contributed by atoms with Gasteiger partial charge in [-0.05, 0) is 19.9 Å². The van der Waals surface area contributed by atoms with Crippen LogP contribution in [0.1, 0.15) is 25.5 Å². The number of rotatable bonds is 3. The molecular formula is C14H20F2N2O. The molecule has 1 saturated heterocycles. The van der Waals surface area contributed by atoms with Gasteiger partial charge in [0.1, 0.15) is 0 Å². The van der Waals surface area contributed by atoms with E-state index in [9.17, 15) is 8.78 Å². The number of hydrogen-bond acceptors (Lipinski definition) is 3. The summed E-state index contributed by atoms with van der Waals surface area (Å²) in [6, 6.07) is 3.91. The number of nitrogens with two attached hydrogens (primary N) is 1. The van der Waals surface area contributed by atoms with Crippen molar-refractivity contribution >= 4 is 0 Å². The number of hydrogen-bond donors (Lipinski definition) is 1. The molecule has 1 aliphatic heterocycles. The molecule has 1 heterocycles. The highest BCUT2D eigenvalue weighted by molar-refractivity contribution is 5.23. The summed E-state index contributed by atoms with van der Waals surface area (Å²) in [5.74, 6) is -1.63. The van der Waals surface area contributed by atoms with Gasteiger partial charge in [-0.25, -0.2) is 8.78 Å². The van der Waals surface area contributed by atoms with E-state index in [0.717, 1.165) is 6.07 Å². The number of morpholine rings is 1. The minimum Gasteiger partial charge on any atom is -0.373 e. The third-order valence-electron chi connectivity index (χ3n) is 3.46. The van der Waals surface area contributed by atoms with E-state index < -0.39 is 11.6 Å². The van der Waals surface area contributed by atoms with Crippen molar-refractivity contribution in [2.75, 3.05) is 26.2 Å². The summed E-state index contributed by atoms with van der Waals surface area (Å²) in [6.45, 7) is 6.09. The number of benzene rings is 1. The Bertz CT molecular complexity index is 451. The molecule has 1 aliphatic rings. The second-order valence-electron chi connectivity index (χ2n) is 5.47. The molecule has 2 rings (SSSR count). The molecule has 0 aromatic heterocycles. The van der Waals surface area contributed by atoms with Gasteiger partial charge in [-0.3, -0.25) is 4.90 Å². The van der Waals surface area contributed by atoms with E-state index in [0.29, 0.717) is 25.3 Å². The zero-order valence-electron chi connectivity index (χ0n) is 11.3. The van der Waals surface area contributed by atoms with E-state index >= 15 is 0 Å². The van der Waals surface area contributed by atoms with Crippen molar-refractivity contribution in [3.63, 3.8) is 0 Å². The summed E-state index contributed by atoms with van der Waals surface area (Å²) in [7, 11) is 0. The van der Waals surface area contributed by atoms with Gasteiger partial charge < -0.3 is 10.5 Å². The first-order valence-electron chi connectivity index (χ1n) is 6.46. The minimum atomic E-state index is -0.830. The summed E-state index contributed by atoms with van der Waals surface area (Å²) in [4.78, 5) is 2.06. The number of nitrogens with zero attached hydrogens (tertiary/aromatic N) is 1. The second-order valence-corrected chi connectivity index (χ2v) is 5.47. The molecule has 106 valence electrons. The Morgan fingerprint density at radius 3 is 2.79 bits per heavy atom. The molecule has 0 radical (unpaired) electrons. The lowest BCUT2D eigenvalue weighted by molar-refractivity contribution is -0.0970.